The summed E-state index contributed by atoms with van der Waals surface area (Å²) in [6, 6.07) is 15.6. The molecule has 2 aromatic rings. The average molecular weight is 336 g/mol. The highest BCUT2D eigenvalue weighted by atomic mass is 79.9. The zero-order valence-electron chi connectivity index (χ0n) is 11.6. The minimum absolute atomic E-state index is 0.145. The molecule has 0 spiro atoms. The van der Waals surface area contributed by atoms with Crippen LogP contribution in [-0.2, 0) is 6.42 Å². The van der Waals surface area contributed by atoms with Gasteiger partial charge in [-0.3, -0.25) is 0 Å². The third-order valence-corrected chi connectivity index (χ3v) is 3.78. The van der Waals surface area contributed by atoms with Crippen LogP contribution in [0.3, 0.4) is 0 Å². The topological polar surface area (TPSA) is 12.0 Å². The van der Waals surface area contributed by atoms with E-state index in [1.165, 1.54) is 11.6 Å². The van der Waals surface area contributed by atoms with Crippen molar-refractivity contribution in [2.75, 3.05) is 6.54 Å². The highest BCUT2D eigenvalue weighted by Crippen LogP contribution is 2.22. The third-order valence-electron chi connectivity index (χ3n) is 3.28. The Morgan fingerprint density at radius 3 is 2.55 bits per heavy atom. The molecular weight excluding hydrogens is 317 g/mol. The van der Waals surface area contributed by atoms with Gasteiger partial charge >= 0.3 is 0 Å². The van der Waals surface area contributed by atoms with E-state index < -0.39 is 0 Å². The Bertz CT molecular complexity index is 542. The molecule has 0 aliphatic rings. The summed E-state index contributed by atoms with van der Waals surface area (Å²) in [5, 5.41) is 3.50. The average Bonchev–Trinajstić information content (AvgIpc) is 2.46. The lowest BCUT2D eigenvalue weighted by Crippen LogP contribution is -2.24. The Balaban J connectivity index is 2.19. The molecule has 106 valence electrons. The van der Waals surface area contributed by atoms with E-state index in [1.807, 2.05) is 30.3 Å². The van der Waals surface area contributed by atoms with Gasteiger partial charge < -0.3 is 5.32 Å². The van der Waals surface area contributed by atoms with Crippen LogP contribution < -0.4 is 5.32 Å². The van der Waals surface area contributed by atoms with Crippen molar-refractivity contribution >= 4 is 15.9 Å². The molecule has 1 nitrogen and oxygen atoms in total. The molecule has 2 rings (SSSR count). The number of halogens is 2. The molecule has 1 unspecified atom stereocenters. The molecule has 2 aromatic carbocycles. The summed E-state index contributed by atoms with van der Waals surface area (Å²) < 4.78 is 14.8. The van der Waals surface area contributed by atoms with Gasteiger partial charge in [0.2, 0.25) is 0 Å². The van der Waals surface area contributed by atoms with Gasteiger partial charge in [0, 0.05) is 10.5 Å². The molecule has 0 amide bonds. The van der Waals surface area contributed by atoms with Gasteiger partial charge in [-0.05, 0) is 42.6 Å². The molecule has 0 heterocycles. The molecule has 20 heavy (non-hydrogen) atoms. The van der Waals surface area contributed by atoms with Crippen molar-refractivity contribution in [3.05, 3.63) is 69.9 Å². The van der Waals surface area contributed by atoms with Crippen molar-refractivity contribution in [1.82, 2.24) is 5.32 Å². The highest BCUT2D eigenvalue weighted by molar-refractivity contribution is 9.10. The molecule has 0 aliphatic heterocycles. The van der Waals surface area contributed by atoms with E-state index in [0.29, 0.717) is 6.42 Å². The van der Waals surface area contributed by atoms with Gasteiger partial charge in [-0.15, -0.1) is 0 Å². The van der Waals surface area contributed by atoms with Gasteiger partial charge in [0.1, 0.15) is 5.82 Å². The van der Waals surface area contributed by atoms with E-state index in [1.54, 1.807) is 0 Å². The van der Waals surface area contributed by atoms with Crippen LogP contribution in [0.4, 0.5) is 4.39 Å². The Hall–Kier alpha value is -1.19. The number of hydrogen-bond acceptors (Lipinski definition) is 1. The van der Waals surface area contributed by atoms with E-state index in [9.17, 15) is 4.39 Å². The normalized spacial score (nSPS) is 12.3. The van der Waals surface area contributed by atoms with Gasteiger partial charge in [-0.25, -0.2) is 4.39 Å². The molecule has 1 N–H and O–H groups in total. The Kier molecular flexibility index (Phi) is 5.74. The first-order chi connectivity index (χ1) is 9.70. The molecule has 0 radical (unpaired) electrons. The van der Waals surface area contributed by atoms with E-state index >= 15 is 0 Å². The zero-order chi connectivity index (χ0) is 14.4. The van der Waals surface area contributed by atoms with Crippen LogP contribution in [0.15, 0.2) is 53.0 Å². The summed E-state index contributed by atoms with van der Waals surface area (Å²) in [6.07, 6.45) is 1.72. The Morgan fingerprint density at radius 2 is 1.90 bits per heavy atom. The maximum atomic E-state index is 14.0. The highest BCUT2D eigenvalue weighted by Gasteiger charge is 2.13. The monoisotopic (exact) mass is 335 g/mol. The predicted octanol–water partition coefficient (Wildman–Crippen LogP) is 4.87. The van der Waals surface area contributed by atoms with Crippen LogP contribution in [0, 0.1) is 5.82 Å². The maximum absolute atomic E-state index is 14.0. The summed E-state index contributed by atoms with van der Waals surface area (Å²) in [4.78, 5) is 0. The second kappa shape index (κ2) is 7.55. The van der Waals surface area contributed by atoms with Crippen molar-refractivity contribution in [1.29, 1.82) is 0 Å². The molecule has 3 heteroatoms. The van der Waals surface area contributed by atoms with Crippen molar-refractivity contribution in [2.45, 2.75) is 25.8 Å². The molecule has 0 fully saturated rings. The van der Waals surface area contributed by atoms with E-state index in [0.717, 1.165) is 23.0 Å². The standard InChI is InChI=1S/C17H19BrFN/c1-2-10-20-17(13-6-4-3-5-7-13)11-14-8-9-15(18)12-16(14)19/h3-9,12,17,20H,2,10-11H2,1H3. The summed E-state index contributed by atoms with van der Waals surface area (Å²) in [5.41, 5.74) is 1.94. The van der Waals surface area contributed by atoms with Gasteiger partial charge in [-0.1, -0.05) is 59.3 Å². The summed E-state index contributed by atoms with van der Waals surface area (Å²) in [5.74, 6) is -0.154. The third kappa shape index (κ3) is 4.15. The number of nitrogens with one attached hydrogen (secondary N) is 1. The fourth-order valence-corrected chi connectivity index (χ4v) is 2.55. The molecule has 0 saturated heterocycles. The molecule has 1 atom stereocenters. The molecule has 0 saturated carbocycles. The fourth-order valence-electron chi connectivity index (χ4n) is 2.22. The largest absolute Gasteiger partial charge is 0.310 e. The second-order valence-corrected chi connectivity index (χ2v) is 5.77. The van der Waals surface area contributed by atoms with Crippen molar-refractivity contribution < 1.29 is 4.39 Å². The molecular formula is C17H19BrFN. The van der Waals surface area contributed by atoms with Crippen molar-refractivity contribution in [3.63, 3.8) is 0 Å². The van der Waals surface area contributed by atoms with Crippen LogP contribution in [0.5, 0.6) is 0 Å². The predicted molar refractivity (Wildman–Crippen MR) is 85.3 cm³/mol. The number of benzene rings is 2. The number of hydrogen-bond donors (Lipinski definition) is 1. The minimum Gasteiger partial charge on any atom is -0.310 e. The van der Waals surface area contributed by atoms with Crippen LogP contribution in [0.25, 0.3) is 0 Å². The molecule has 0 aliphatic carbocycles. The van der Waals surface area contributed by atoms with Crippen molar-refractivity contribution in [2.24, 2.45) is 0 Å². The number of rotatable bonds is 6. The first-order valence-corrected chi connectivity index (χ1v) is 7.72. The molecule has 0 aromatic heterocycles. The van der Waals surface area contributed by atoms with Gasteiger partial charge in [0.05, 0.1) is 0 Å². The minimum atomic E-state index is -0.154. The zero-order valence-corrected chi connectivity index (χ0v) is 13.2. The summed E-state index contributed by atoms with van der Waals surface area (Å²) in [6.45, 7) is 3.06. The van der Waals surface area contributed by atoms with E-state index in [2.05, 4.69) is 40.3 Å². The van der Waals surface area contributed by atoms with E-state index in [4.69, 9.17) is 0 Å². The van der Waals surface area contributed by atoms with Crippen LogP contribution in [0.1, 0.15) is 30.5 Å². The van der Waals surface area contributed by atoms with Crippen LogP contribution in [0.2, 0.25) is 0 Å². The molecule has 0 bridgehead atoms. The second-order valence-electron chi connectivity index (χ2n) is 4.86. The van der Waals surface area contributed by atoms with Crippen LogP contribution in [-0.4, -0.2) is 6.54 Å². The maximum Gasteiger partial charge on any atom is 0.127 e. The summed E-state index contributed by atoms with van der Waals surface area (Å²) >= 11 is 3.29. The smallest absolute Gasteiger partial charge is 0.127 e. The lowest BCUT2D eigenvalue weighted by molar-refractivity contribution is 0.513. The van der Waals surface area contributed by atoms with Gasteiger partial charge in [-0.2, -0.15) is 0 Å². The Morgan fingerprint density at radius 1 is 1.15 bits per heavy atom. The quantitative estimate of drug-likeness (QED) is 0.793. The van der Waals surface area contributed by atoms with E-state index in [-0.39, 0.29) is 11.9 Å². The van der Waals surface area contributed by atoms with Crippen molar-refractivity contribution in [3.8, 4) is 0 Å². The Labute approximate surface area is 128 Å². The lowest BCUT2D eigenvalue weighted by atomic mass is 9.98. The van der Waals surface area contributed by atoms with Gasteiger partial charge in [0.15, 0.2) is 0 Å². The van der Waals surface area contributed by atoms with Crippen LogP contribution >= 0.6 is 15.9 Å². The fraction of sp³-hybridized carbons (Fsp3) is 0.294. The lowest BCUT2D eigenvalue weighted by Gasteiger charge is -2.19. The first-order valence-electron chi connectivity index (χ1n) is 6.93. The van der Waals surface area contributed by atoms with Gasteiger partial charge in [0.25, 0.3) is 0 Å². The summed E-state index contributed by atoms with van der Waals surface area (Å²) in [7, 11) is 0. The first kappa shape index (κ1) is 15.2. The SMILES string of the molecule is CCCNC(Cc1ccc(Br)cc1F)c1ccccc1.